The van der Waals surface area contributed by atoms with Crippen molar-refractivity contribution in [3.63, 3.8) is 0 Å². The van der Waals surface area contributed by atoms with Crippen molar-refractivity contribution in [2.45, 2.75) is 12.8 Å². The molecule has 0 saturated heterocycles. The molecule has 2 aliphatic carbocycles. The van der Waals surface area contributed by atoms with E-state index in [0.29, 0.717) is 17.2 Å². The second-order valence-electron chi connectivity index (χ2n) is 5.87. The number of phenolic OH excluding ortho intramolecular Hbond substituents is 1. The topological polar surface area (TPSA) is 61.7 Å². The summed E-state index contributed by atoms with van der Waals surface area (Å²) in [6.45, 7) is 0. The van der Waals surface area contributed by atoms with Gasteiger partial charge < -0.3 is 5.11 Å². The van der Waals surface area contributed by atoms with Crippen molar-refractivity contribution in [3.05, 3.63) is 54.1 Å². The molecule has 0 spiro atoms. The molecular formula is C18H16N2O2. The second kappa shape index (κ2) is 4.98. The number of hydrogen-bond donors (Lipinski definition) is 2. The molecule has 0 aliphatic heterocycles. The number of amides is 1. The molecule has 22 heavy (non-hydrogen) atoms. The minimum Gasteiger partial charge on any atom is -0.506 e. The fourth-order valence-corrected chi connectivity index (χ4v) is 3.28. The molecular weight excluding hydrogens is 276 g/mol. The van der Waals surface area contributed by atoms with E-state index in [-0.39, 0.29) is 17.2 Å². The number of hydrogen-bond acceptors (Lipinski definition) is 3. The maximum Gasteiger partial charge on any atom is 0.275 e. The maximum atomic E-state index is 12.3. The van der Waals surface area contributed by atoms with Crippen LogP contribution in [0.5, 0.6) is 5.75 Å². The van der Waals surface area contributed by atoms with Gasteiger partial charge in [0.25, 0.3) is 5.91 Å². The van der Waals surface area contributed by atoms with E-state index in [1.54, 1.807) is 12.1 Å². The van der Waals surface area contributed by atoms with Crippen LogP contribution in [0.25, 0.3) is 10.8 Å². The molecule has 2 N–H and O–H groups in total. The lowest BCUT2D eigenvalue weighted by molar-refractivity contribution is 0.0951. The molecule has 1 amide bonds. The maximum absolute atomic E-state index is 12.3. The van der Waals surface area contributed by atoms with Crippen molar-refractivity contribution in [2.24, 2.45) is 16.9 Å². The van der Waals surface area contributed by atoms with Crippen molar-refractivity contribution < 1.29 is 9.90 Å². The minimum atomic E-state index is -0.370. The van der Waals surface area contributed by atoms with Crippen LogP contribution in [-0.4, -0.2) is 16.7 Å². The van der Waals surface area contributed by atoms with Gasteiger partial charge >= 0.3 is 0 Å². The summed E-state index contributed by atoms with van der Waals surface area (Å²) in [5, 5.41) is 16.1. The molecule has 0 heterocycles. The van der Waals surface area contributed by atoms with Crippen LogP contribution in [0.1, 0.15) is 23.2 Å². The number of carbonyl (C=O) groups is 1. The van der Waals surface area contributed by atoms with Crippen LogP contribution in [0.2, 0.25) is 0 Å². The van der Waals surface area contributed by atoms with Gasteiger partial charge in [0.1, 0.15) is 5.75 Å². The first kappa shape index (κ1) is 13.1. The van der Waals surface area contributed by atoms with E-state index in [1.807, 2.05) is 24.3 Å². The van der Waals surface area contributed by atoms with Crippen LogP contribution >= 0.6 is 0 Å². The molecule has 0 radical (unpaired) electrons. The summed E-state index contributed by atoms with van der Waals surface area (Å²) >= 11 is 0. The second-order valence-corrected chi connectivity index (χ2v) is 5.87. The predicted octanol–water partition coefficient (Wildman–Crippen LogP) is 3.23. The Morgan fingerprint density at radius 3 is 2.95 bits per heavy atom. The fourth-order valence-electron chi connectivity index (χ4n) is 3.28. The zero-order valence-electron chi connectivity index (χ0n) is 12.0. The Balaban J connectivity index is 1.56. The van der Waals surface area contributed by atoms with Crippen LogP contribution in [0.4, 0.5) is 0 Å². The number of aromatic hydroxyl groups is 1. The Kier molecular flexibility index (Phi) is 2.96. The molecule has 2 aromatic rings. The third-order valence-electron chi connectivity index (χ3n) is 4.61. The van der Waals surface area contributed by atoms with Gasteiger partial charge in [-0.05, 0) is 30.2 Å². The van der Waals surface area contributed by atoms with Crippen LogP contribution < -0.4 is 5.43 Å². The van der Waals surface area contributed by atoms with Gasteiger partial charge in [-0.15, -0.1) is 0 Å². The van der Waals surface area contributed by atoms with Gasteiger partial charge in [0.05, 0.1) is 5.56 Å². The number of nitrogens with one attached hydrogen (secondary N) is 1. The SMILES string of the molecule is O=C(N/N=C1/C[C@H]2C=CC[C@H]12)c1ccc2ccccc2c1O. The highest BCUT2D eigenvalue weighted by Gasteiger charge is 2.38. The van der Waals surface area contributed by atoms with Crippen molar-refractivity contribution in [1.82, 2.24) is 5.43 Å². The van der Waals surface area contributed by atoms with Crippen molar-refractivity contribution >= 4 is 22.4 Å². The molecule has 2 aromatic carbocycles. The fraction of sp³-hybridized carbons (Fsp3) is 0.222. The van der Waals surface area contributed by atoms with Gasteiger partial charge in [0.2, 0.25) is 0 Å². The number of carbonyl (C=O) groups excluding carboxylic acids is 1. The molecule has 1 saturated carbocycles. The quantitative estimate of drug-likeness (QED) is 0.659. The lowest BCUT2D eigenvalue weighted by Gasteiger charge is -2.31. The molecule has 0 unspecified atom stereocenters. The highest BCUT2D eigenvalue weighted by atomic mass is 16.3. The molecule has 1 fully saturated rings. The highest BCUT2D eigenvalue weighted by molar-refractivity contribution is 6.04. The first-order chi connectivity index (χ1) is 10.7. The summed E-state index contributed by atoms with van der Waals surface area (Å²) in [4.78, 5) is 12.3. The third-order valence-corrected chi connectivity index (χ3v) is 4.61. The summed E-state index contributed by atoms with van der Waals surface area (Å²) in [5.41, 5.74) is 3.88. The molecule has 2 aliphatic rings. The summed E-state index contributed by atoms with van der Waals surface area (Å²) in [5.74, 6) is 0.699. The van der Waals surface area contributed by atoms with Crippen molar-refractivity contribution in [2.75, 3.05) is 0 Å². The zero-order chi connectivity index (χ0) is 15.1. The average Bonchev–Trinajstić information content (AvgIpc) is 2.89. The Hall–Kier alpha value is -2.62. The smallest absolute Gasteiger partial charge is 0.275 e. The summed E-state index contributed by atoms with van der Waals surface area (Å²) in [7, 11) is 0. The van der Waals surface area contributed by atoms with E-state index < -0.39 is 0 Å². The Morgan fingerprint density at radius 2 is 2.09 bits per heavy atom. The number of allylic oxidation sites excluding steroid dienone is 2. The van der Waals surface area contributed by atoms with Gasteiger partial charge in [-0.1, -0.05) is 42.5 Å². The first-order valence-corrected chi connectivity index (χ1v) is 7.48. The summed E-state index contributed by atoms with van der Waals surface area (Å²) < 4.78 is 0. The largest absolute Gasteiger partial charge is 0.506 e. The Morgan fingerprint density at radius 1 is 1.23 bits per heavy atom. The van der Waals surface area contributed by atoms with E-state index in [1.165, 1.54) is 0 Å². The van der Waals surface area contributed by atoms with Crippen LogP contribution in [0.15, 0.2) is 53.7 Å². The van der Waals surface area contributed by atoms with Gasteiger partial charge in [-0.3, -0.25) is 4.79 Å². The lowest BCUT2D eigenvalue weighted by atomic mass is 9.74. The number of phenols is 1. The van der Waals surface area contributed by atoms with E-state index in [4.69, 9.17) is 0 Å². The molecule has 4 rings (SSSR count). The number of nitrogens with zero attached hydrogens (tertiary/aromatic N) is 1. The van der Waals surface area contributed by atoms with Gasteiger partial charge in [-0.25, -0.2) is 5.43 Å². The number of rotatable bonds is 2. The first-order valence-electron chi connectivity index (χ1n) is 7.48. The van der Waals surface area contributed by atoms with Crippen LogP contribution in [-0.2, 0) is 0 Å². The summed E-state index contributed by atoms with van der Waals surface area (Å²) in [6.07, 6.45) is 6.33. The van der Waals surface area contributed by atoms with E-state index in [0.717, 1.165) is 23.9 Å². The number of hydrazone groups is 1. The molecule has 4 nitrogen and oxygen atoms in total. The van der Waals surface area contributed by atoms with Gasteiger partial charge in [-0.2, -0.15) is 5.10 Å². The normalized spacial score (nSPS) is 24.3. The van der Waals surface area contributed by atoms with Crippen LogP contribution in [0.3, 0.4) is 0 Å². The standard InChI is InChI=1S/C18H16N2O2/c21-17-14-6-2-1-4-11(14)8-9-15(17)18(22)20-19-16-10-12-5-3-7-13(12)16/h1-6,8-9,12-13,21H,7,10H2,(H,20,22)/b19-16-/t12-,13+/m1/s1. The molecule has 0 bridgehead atoms. The van der Waals surface area contributed by atoms with Crippen LogP contribution in [0, 0.1) is 11.8 Å². The highest BCUT2D eigenvalue weighted by Crippen LogP contribution is 2.40. The van der Waals surface area contributed by atoms with Crippen molar-refractivity contribution in [3.8, 4) is 5.75 Å². The zero-order valence-corrected chi connectivity index (χ0v) is 12.0. The molecule has 4 heteroatoms. The Labute approximate surface area is 128 Å². The molecule has 110 valence electrons. The molecule has 2 atom stereocenters. The summed E-state index contributed by atoms with van der Waals surface area (Å²) in [6, 6.07) is 10.9. The monoisotopic (exact) mass is 292 g/mol. The third kappa shape index (κ3) is 1.99. The Bertz CT molecular complexity index is 823. The average molecular weight is 292 g/mol. The predicted molar refractivity (Wildman–Crippen MR) is 85.9 cm³/mol. The molecule has 0 aromatic heterocycles. The van der Waals surface area contributed by atoms with E-state index in [2.05, 4.69) is 22.7 Å². The van der Waals surface area contributed by atoms with Gasteiger partial charge in [0, 0.05) is 17.0 Å². The van der Waals surface area contributed by atoms with E-state index >= 15 is 0 Å². The number of fused-ring (bicyclic) bond motifs is 2. The van der Waals surface area contributed by atoms with Gasteiger partial charge in [0.15, 0.2) is 0 Å². The number of benzene rings is 2. The minimum absolute atomic E-state index is 0.00446. The van der Waals surface area contributed by atoms with Crippen molar-refractivity contribution in [1.29, 1.82) is 0 Å². The lowest BCUT2D eigenvalue weighted by Crippen LogP contribution is -2.35. The van der Waals surface area contributed by atoms with E-state index in [9.17, 15) is 9.90 Å².